The Morgan fingerprint density at radius 3 is 2.64 bits per heavy atom. The van der Waals surface area contributed by atoms with Crippen LogP contribution in [0.25, 0.3) is 21.6 Å². The Kier molecular flexibility index (Phi) is 4.95. The number of imidazole rings is 1. The van der Waals surface area contributed by atoms with Crippen molar-refractivity contribution in [3.63, 3.8) is 0 Å². The molecule has 0 saturated heterocycles. The summed E-state index contributed by atoms with van der Waals surface area (Å²) in [5.41, 5.74) is 3.72. The van der Waals surface area contributed by atoms with Gasteiger partial charge in [-0.1, -0.05) is 26.0 Å². The summed E-state index contributed by atoms with van der Waals surface area (Å²) >= 11 is 1.71. The highest BCUT2D eigenvalue weighted by Crippen LogP contribution is 2.37. The number of hydrogen-bond donors (Lipinski definition) is 0. The average Bonchev–Trinajstić information content (AvgIpc) is 3.12. The van der Waals surface area contributed by atoms with E-state index in [0.29, 0.717) is 5.92 Å². The first-order valence-electron chi connectivity index (χ1n) is 8.72. The molecule has 2 aromatic heterocycles. The number of aromatic nitrogens is 3. The van der Waals surface area contributed by atoms with E-state index in [-0.39, 0.29) is 12.1 Å². The van der Waals surface area contributed by atoms with E-state index in [4.69, 9.17) is 4.98 Å². The van der Waals surface area contributed by atoms with Crippen molar-refractivity contribution >= 4 is 22.4 Å². The Morgan fingerprint density at radius 2 is 2.00 bits per heavy atom. The first kappa shape index (κ1) is 17.7. The van der Waals surface area contributed by atoms with E-state index < -0.39 is 0 Å². The lowest BCUT2D eigenvalue weighted by atomic mass is 10.1. The van der Waals surface area contributed by atoms with Gasteiger partial charge >= 0.3 is 0 Å². The van der Waals surface area contributed by atoms with Gasteiger partial charge in [-0.2, -0.15) is 0 Å². The van der Waals surface area contributed by atoms with Crippen molar-refractivity contribution in [3.8, 4) is 16.6 Å². The number of benzene rings is 1. The van der Waals surface area contributed by atoms with Gasteiger partial charge in [0.25, 0.3) is 0 Å². The van der Waals surface area contributed by atoms with E-state index in [1.165, 1.54) is 4.88 Å². The zero-order chi connectivity index (χ0) is 18.1. The van der Waals surface area contributed by atoms with Gasteiger partial charge in [-0.15, -0.1) is 17.9 Å². The number of allylic oxidation sites excluding steroid dienone is 1. The molecule has 0 spiro atoms. The second kappa shape index (κ2) is 7.00. The summed E-state index contributed by atoms with van der Waals surface area (Å²) in [5.74, 6) is 0.368. The number of hydrogen-bond acceptors (Lipinski definition) is 4. The highest BCUT2D eigenvalue weighted by atomic mass is 32.1. The van der Waals surface area contributed by atoms with Crippen LogP contribution in [0.3, 0.4) is 0 Å². The zero-order valence-corrected chi connectivity index (χ0v) is 16.1. The van der Waals surface area contributed by atoms with E-state index in [9.17, 15) is 5.11 Å². The molecule has 132 valence electrons. The Morgan fingerprint density at radius 1 is 1.24 bits per heavy atom. The molecule has 3 rings (SSSR count). The maximum Gasteiger partial charge on any atom is 0.126 e. The fourth-order valence-electron chi connectivity index (χ4n) is 3.11. The summed E-state index contributed by atoms with van der Waals surface area (Å²) in [6.45, 7) is 12.2. The second-order valence-corrected chi connectivity index (χ2v) is 7.92. The van der Waals surface area contributed by atoms with Gasteiger partial charge in [-0.05, 0) is 44.7 Å². The van der Waals surface area contributed by atoms with Crippen LogP contribution in [0.4, 0.5) is 0 Å². The van der Waals surface area contributed by atoms with E-state index in [0.717, 1.165) is 40.1 Å². The predicted molar refractivity (Wildman–Crippen MR) is 103 cm³/mol. The number of para-hydroxylation sites is 1. The maximum absolute atomic E-state index is 12.3. The minimum Gasteiger partial charge on any atom is -0.846 e. The van der Waals surface area contributed by atoms with Gasteiger partial charge in [0, 0.05) is 16.5 Å². The number of rotatable bonds is 6. The molecular weight excluding hydrogens is 330 g/mol. The lowest BCUT2D eigenvalue weighted by Crippen LogP contribution is -2.06. The molecule has 0 fully saturated rings. The predicted octanol–water partition coefficient (Wildman–Crippen LogP) is 5.06. The Hall–Kier alpha value is -2.14. The number of aryl methyl sites for hydroxylation is 1. The summed E-state index contributed by atoms with van der Waals surface area (Å²) in [6.07, 6.45) is 3.84. The molecule has 1 aromatic carbocycles. The maximum atomic E-state index is 12.3. The summed E-state index contributed by atoms with van der Waals surface area (Å²) < 4.78 is 1.74. The van der Waals surface area contributed by atoms with E-state index >= 15 is 0 Å². The highest BCUT2D eigenvalue weighted by molar-refractivity contribution is 7.15. The van der Waals surface area contributed by atoms with Gasteiger partial charge in [0.2, 0.25) is 0 Å². The van der Waals surface area contributed by atoms with Crippen molar-refractivity contribution in [1.82, 2.24) is 14.5 Å². The molecule has 0 bridgehead atoms. The molecule has 0 atom stereocenters. The standard InChI is InChI=1S/C20H25N3OS/c1-6-7-11-16-17(12(2)3)21-19(25-16)14-9-8-10-15-18(14)22-20(24)23(15)13(4)5/h6,8-10,12-13H,1,7,11H2,2-5H3,(H,22,24)/p-1. The lowest BCUT2D eigenvalue weighted by molar-refractivity contribution is -0.285. The molecule has 5 heteroatoms. The minimum absolute atomic E-state index is 0.0819. The van der Waals surface area contributed by atoms with Crippen molar-refractivity contribution in [2.45, 2.75) is 52.5 Å². The fraction of sp³-hybridized carbons (Fsp3) is 0.400. The topological polar surface area (TPSA) is 53.8 Å². The molecule has 3 aromatic rings. The van der Waals surface area contributed by atoms with Crippen LogP contribution in [0, 0.1) is 0 Å². The number of fused-ring (bicyclic) bond motifs is 1. The van der Waals surface area contributed by atoms with Crippen LogP contribution < -0.4 is 5.11 Å². The van der Waals surface area contributed by atoms with Crippen LogP contribution in [0.1, 0.15) is 56.6 Å². The Labute approximate surface area is 152 Å². The van der Waals surface area contributed by atoms with Gasteiger partial charge in [0.1, 0.15) is 5.01 Å². The molecule has 2 heterocycles. The summed E-state index contributed by atoms with van der Waals surface area (Å²) in [7, 11) is 0. The Bertz CT molecular complexity index is 905. The normalized spacial score (nSPS) is 11.8. The molecule has 0 saturated carbocycles. The van der Waals surface area contributed by atoms with E-state index in [1.807, 2.05) is 38.1 Å². The van der Waals surface area contributed by atoms with Crippen molar-refractivity contribution < 1.29 is 5.11 Å². The summed E-state index contributed by atoms with van der Waals surface area (Å²) in [5, 5.41) is 13.3. The van der Waals surface area contributed by atoms with Gasteiger partial charge in [-0.3, -0.25) is 0 Å². The van der Waals surface area contributed by atoms with Gasteiger partial charge in [0.15, 0.2) is 0 Å². The molecular formula is C20H24N3OS-. The van der Waals surface area contributed by atoms with Crippen molar-refractivity contribution in [2.75, 3.05) is 0 Å². The second-order valence-electron chi connectivity index (χ2n) is 6.84. The first-order chi connectivity index (χ1) is 11.9. The number of thiazole rings is 1. The van der Waals surface area contributed by atoms with Gasteiger partial charge in [-0.25, -0.2) is 9.97 Å². The quantitative estimate of drug-likeness (QED) is 0.582. The molecule has 0 aliphatic carbocycles. The molecule has 0 aliphatic rings. The summed E-state index contributed by atoms with van der Waals surface area (Å²) in [6, 6.07) is 5.85. The lowest BCUT2D eigenvalue weighted by Gasteiger charge is -2.15. The third kappa shape index (κ3) is 3.21. The smallest absolute Gasteiger partial charge is 0.126 e. The van der Waals surface area contributed by atoms with Crippen molar-refractivity contribution in [3.05, 3.63) is 41.4 Å². The van der Waals surface area contributed by atoms with Gasteiger partial charge in [0.05, 0.1) is 22.7 Å². The minimum atomic E-state index is -0.190. The largest absolute Gasteiger partial charge is 0.846 e. The molecule has 0 amide bonds. The van der Waals surface area contributed by atoms with Crippen molar-refractivity contribution in [2.24, 2.45) is 0 Å². The highest BCUT2D eigenvalue weighted by Gasteiger charge is 2.18. The molecule has 0 N–H and O–H groups in total. The van der Waals surface area contributed by atoms with Crippen LogP contribution in [0.2, 0.25) is 0 Å². The summed E-state index contributed by atoms with van der Waals surface area (Å²) in [4.78, 5) is 10.5. The zero-order valence-electron chi connectivity index (χ0n) is 15.2. The fourth-order valence-corrected chi connectivity index (χ4v) is 4.37. The van der Waals surface area contributed by atoms with Crippen LogP contribution in [-0.4, -0.2) is 14.5 Å². The third-order valence-corrected chi connectivity index (χ3v) is 5.45. The molecule has 4 nitrogen and oxygen atoms in total. The van der Waals surface area contributed by atoms with Crippen LogP contribution >= 0.6 is 11.3 Å². The van der Waals surface area contributed by atoms with E-state index in [1.54, 1.807) is 15.9 Å². The van der Waals surface area contributed by atoms with E-state index in [2.05, 4.69) is 25.4 Å². The van der Waals surface area contributed by atoms with Crippen LogP contribution in [0.5, 0.6) is 6.01 Å². The third-order valence-electron chi connectivity index (χ3n) is 4.28. The SMILES string of the molecule is C=CCCc1sc(-c2cccc3c2nc([O-])n3C(C)C)nc1C(C)C. The molecule has 0 unspecified atom stereocenters. The Balaban J connectivity index is 2.16. The molecule has 25 heavy (non-hydrogen) atoms. The van der Waals surface area contributed by atoms with Crippen LogP contribution in [0.15, 0.2) is 30.9 Å². The van der Waals surface area contributed by atoms with Gasteiger partial charge < -0.3 is 9.67 Å². The molecule has 0 radical (unpaired) electrons. The van der Waals surface area contributed by atoms with Crippen LogP contribution in [-0.2, 0) is 6.42 Å². The first-order valence-corrected chi connectivity index (χ1v) is 9.54. The average molecular weight is 354 g/mol. The number of nitrogens with zero attached hydrogens (tertiary/aromatic N) is 3. The molecule has 0 aliphatic heterocycles. The monoisotopic (exact) mass is 354 g/mol. The van der Waals surface area contributed by atoms with Crippen molar-refractivity contribution in [1.29, 1.82) is 0 Å².